The predicted octanol–water partition coefficient (Wildman–Crippen LogP) is -0.211. The number of hydrogen-bond acceptors (Lipinski definition) is 2. The molecule has 0 aromatic rings. The van der Waals surface area contributed by atoms with Crippen molar-refractivity contribution in [1.82, 2.24) is 0 Å². The Morgan fingerprint density at radius 3 is 1.43 bits per heavy atom. The van der Waals surface area contributed by atoms with Gasteiger partial charge in [-0.2, -0.15) is 17.7 Å². The Morgan fingerprint density at radius 1 is 1.43 bits per heavy atom. The average Bonchev–Trinajstić information content (AvgIpc) is 0.722. The first-order valence-electron chi connectivity index (χ1n) is 0.698. The van der Waals surface area contributed by atoms with E-state index < -0.39 is 9.05 Å². The number of rotatable bonds is 0. The fourth-order valence-corrected chi connectivity index (χ4v) is 0. The van der Waals surface area contributed by atoms with Gasteiger partial charge in [-0.1, -0.05) is 0 Å². The summed E-state index contributed by atoms with van der Waals surface area (Å²) in [5.74, 6) is 0. The molecule has 3 nitrogen and oxygen atoms in total. The zero-order chi connectivity index (χ0) is 4.50. The molecule has 42 valence electrons. The van der Waals surface area contributed by atoms with E-state index in [4.69, 9.17) is 13.3 Å². The smallest absolute Gasteiger partial charge is 0.263 e. The summed E-state index contributed by atoms with van der Waals surface area (Å²) in [6.45, 7) is 0. The Bertz CT molecular complexity index is 93.3. The van der Waals surface area contributed by atoms with Gasteiger partial charge in [-0.05, 0) is 0 Å². The molecule has 0 saturated heterocycles. The van der Waals surface area contributed by atoms with Gasteiger partial charge in [0.2, 0.25) is 0 Å². The van der Waals surface area contributed by atoms with Crippen LogP contribution in [0, 0.1) is 0 Å². The van der Waals surface area contributed by atoms with Crippen molar-refractivity contribution in [3.8, 4) is 0 Å². The van der Waals surface area contributed by atoms with Crippen molar-refractivity contribution < 1.29 is 32.8 Å². The summed E-state index contributed by atoms with van der Waals surface area (Å²) >= 11 is 3.47. The summed E-state index contributed by atoms with van der Waals surface area (Å²) in [6.07, 6.45) is 0. The zero-order valence-electron chi connectivity index (χ0n) is 3.33. The normalized spacial score (nSPS) is 8.29. The van der Waals surface area contributed by atoms with E-state index >= 15 is 0 Å². The van der Waals surface area contributed by atoms with Gasteiger partial charge in [0.05, 0.1) is 0 Å². The minimum atomic E-state index is -3.83. The predicted molar refractivity (Wildman–Crippen MR) is 31.1 cm³/mol. The standard InChI is InChI=1S/H2O3S2.H2S.Zn/c1-5(2,3)4;;/h(H2,1,2,3,4);1H2;. The van der Waals surface area contributed by atoms with Crippen molar-refractivity contribution in [2.75, 3.05) is 0 Å². The van der Waals surface area contributed by atoms with Crippen LogP contribution in [0.3, 0.4) is 0 Å². The van der Waals surface area contributed by atoms with Crippen molar-refractivity contribution in [3.05, 3.63) is 0 Å². The maximum absolute atomic E-state index is 9.11. The molecule has 0 bridgehead atoms. The van der Waals surface area contributed by atoms with Crippen molar-refractivity contribution in [2.24, 2.45) is 0 Å². The maximum Gasteiger partial charge on any atom is 0.263 e. The Hall–Kier alpha value is 1.26. The van der Waals surface area contributed by atoms with Gasteiger partial charge in [-0.3, -0.25) is 9.11 Å². The second-order valence-electron chi connectivity index (χ2n) is 0.448. The minimum absolute atomic E-state index is 0. The van der Waals surface area contributed by atoms with Crippen LogP contribution in [0.2, 0.25) is 0 Å². The van der Waals surface area contributed by atoms with E-state index in [1.165, 1.54) is 0 Å². The van der Waals surface area contributed by atoms with Gasteiger partial charge in [0.1, 0.15) is 0 Å². The molecule has 0 heterocycles. The molecule has 7 heteroatoms. The summed E-state index contributed by atoms with van der Waals surface area (Å²) in [6, 6.07) is 0. The van der Waals surface area contributed by atoms with E-state index in [9.17, 15) is 0 Å². The molecule has 0 fully saturated rings. The fourth-order valence-electron chi connectivity index (χ4n) is 0. The van der Waals surface area contributed by atoms with Crippen LogP contribution in [0.1, 0.15) is 0 Å². The molecular weight excluding hydrogens is 210 g/mol. The van der Waals surface area contributed by atoms with Gasteiger partial charge in [0, 0.05) is 30.7 Å². The van der Waals surface area contributed by atoms with Crippen molar-refractivity contribution >= 4 is 33.7 Å². The summed E-state index contributed by atoms with van der Waals surface area (Å²) in [5, 5.41) is 0. The molecule has 0 saturated carbocycles. The van der Waals surface area contributed by atoms with E-state index in [0.29, 0.717) is 0 Å². The van der Waals surface area contributed by atoms with Crippen LogP contribution in [-0.4, -0.2) is 13.3 Å². The second kappa shape index (κ2) is 5.40. The topological polar surface area (TPSA) is 57.5 Å². The SMILES string of the molecule is O=S(O)(O)=S.S.[Zn]. The molecule has 0 aliphatic rings. The summed E-state index contributed by atoms with van der Waals surface area (Å²) in [7, 11) is -3.83. The molecule has 0 aliphatic heterocycles. The van der Waals surface area contributed by atoms with Crippen molar-refractivity contribution in [2.45, 2.75) is 0 Å². The molecule has 0 rings (SSSR count). The summed E-state index contributed by atoms with van der Waals surface area (Å²) < 4.78 is 24.0. The van der Waals surface area contributed by atoms with E-state index in [-0.39, 0.29) is 33.0 Å². The molecule has 0 aromatic carbocycles. The van der Waals surface area contributed by atoms with Crippen LogP contribution >= 0.6 is 13.5 Å². The van der Waals surface area contributed by atoms with E-state index in [2.05, 4.69) is 11.2 Å². The first-order valence-corrected chi connectivity index (χ1v) is 3.10. The monoisotopic (exact) mass is 212 g/mol. The quantitative estimate of drug-likeness (QED) is 0.547. The Labute approximate surface area is 66.4 Å². The molecule has 0 atom stereocenters. The van der Waals surface area contributed by atoms with Crippen LogP contribution in [0.15, 0.2) is 0 Å². The third kappa shape index (κ3) is 126. The first kappa shape index (κ1) is 15.7. The average molecular weight is 214 g/mol. The van der Waals surface area contributed by atoms with Gasteiger partial charge in [-0.25, -0.2) is 0 Å². The molecule has 2 N–H and O–H groups in total. The van der Waals surface area contributed by atoms with Crippen molar-refractivity contribution in [1.29, 1.82) is 0 Å². The number of hydrogen-bond donors (Lipinski definition) is 2. The minimum Gasteiger partial charge on any atom is -0.285 e. The Morgan fingerprint density at radius 2 is 1.43 bits per heavy atom. The van der Waals surface area contributed by atoms with E-state index in [0.717, 1.165) is 0 Å². The second-order valence-corrected chi connectivity index (χ2v) is 2.65. The van der Waals surface area contributed by atoms with E-state index in [1.54, 1.807) is 0 Å². The molecule has 0 aliphatic carbocycles. The largest absolute Gasteiger partial charge is 0.285 e. The molecule has 0 radical (unpaired) electrons. The first-order chi connectivity index (χ1) is 2.00. The fraction of sp³-hybridized carbons (Fsp3) is 0. The van der Waals surface area contributed by atoms with Crippen LogP contribution in [0.4, 0.5) is 0 Å². The van der Waals surface area contributed by atoms with Gasteiger partial charge < -0.3 is 0 Å². The third-order valence-electron chi connectivity index (χ3n) is 0. The van der Waals surface area contributed by atoms with Gasteiger partial charge in [0.15, 0.2) is 0 Å². The van der Waals surface area contributed by atoms with Crippen LogP contribution in [0.5, 0.6) is 0 Å². The molecule has 0 spiro atoms. The molecule has 0 amide bonds. The van der Waals surface area contributed by atoms with Gasteiger partial charge in [0.25, 0.3) is 9.05 Å². The Kier molecular flexibility index (Phi) is 12.1. The molecule has 0 aromatic heterocycles. The van der Waals surface area contributed by atoms with E-state index in [1.807, 2.05) is 0 Å². The van der Waals surface area contributed by atoms with Crippen LogP contribution in [-0.2, 0) is 39.7 Å². The molecule has 0 unspecified atom stereocenters. The molecular formula is H4O3S3Zn. The summed E-state index contributed by atoms with van der Waals surface area (Å²) in [5.41, 5.74) is 0. The van der Waals surface area contributed by atoms with Crippen molar-refractivity contribution in [3.63, 3.8) is 0 Å². The van der Waals surface area contributed by atoms with Crippen LogP contribution < -0.4 is 0 Å². The van der Waals surface area contributed by atoms with Gasteiger partial charge in [-0.15, -0.1) is 0 Å². The molecule has 7 heavy (non-hydrogen) atoms. The zero-order valence-corrected chi connectivity index (χ0v) is 8.93. The summed E-state index contributed by atoms with van der Waals surface area (Å²) in [4.78, 5) is 0. The maximum atomic E-state index is 9.11. The van der Waals surface area contributed by atoms with Gasteiger partial charge >= 0.3 is 0 Å². The Balaban J connectivity index is -0.0000000800. The van der Waals surface area contributed by atoms with Crippen LogP contribution in [0.25, 0.3) is 0 Å². The third-order valence-corrected chi connectivity index (χ3v) is 0.